The van der Waals surface area contributed by atoms with E-state index in [0.717, 1.165) is 18.4 Å². The highest BCUT2D eigenvalue weighted by atomic mass is 35.5. The molecule has 6 nitrogen and oxygen atoms in total. The van der Waals surface area contributed by atoms with Crippen LogP contribution in [-0.4, -0.2) is 32.5 Å². The number of nitrogens with zero attached hydrogens (tertiary/aromatic N) is 1. The summed E-state index contributed by atoms with van der Waals surface area (Å²) in [5.74, 6) is 0.534. The number of halogens is 4. The summed E-state index contributed by atoms with van der Waals surface area (Å²) in [7, 11) is 1.50. The van der Waals surface area contributed by atoms with Crippen molar-refractivity contribution in [2.45, 2.75) is 31.5 Å². The van der Waals surface area contributed by atoms with Gasteiger partial charge in [0.1, 0.15) is 23.8 Å². The average molecular weight is 547 g/mol. The standard InChI is InChI=1S/C28H26ClF3N2O4/c1-37-23-15-22(16-24(17-23)38-13-3-2-12-35)33-26(19-5-8-21(29)9-6-19)27(36)34-11-10-18-4-7-20(14-25(18)34)28(30,31)32/h4-9,12,14-17,26,33H,2-3,10-11,13H2,1H3. The van der Waals surface area contributed by atoms with Crippen molar-refractivity contribution in [2.24, 2.45) is 0 Å². The zero-order valence-electron chi connectivity index (χ0n) is 20.6. The molecule has 3 aromatic rings. The minimum atomic E-state index is -4.52. The number of nitrogens with one attached hydrogen (secondary N) is 1. The third-order valence-electron chi connectivity index (χ3n) is 6.19. The summed E-state index contributed by atoms with van der Waals surface area (Å²) in [5.41, 5.74) is 1.20. The van der Waals surface area contributed by atoms with E-state index in [1.54, 1.807) is 42.5 Å². The van der Waals surface area contributed by atoms with Gasteiger partial charge in [0.25, 0.3) is 5.91 Å². The van der Waals surface area contributed by atoms with Crippen LogP contribution in [-0.2, 0) is 22.2 Å². The third-order valence-corrected chi connectivity index (χ3v) is 6.44. The molecule has 1 amide bonds. The minimum absolute atomic E-state index is 0.246. The molecule has 10 heteroatoms. The van der Waals surface area contributed by atoms with Crippen molar-refractivity contribution < 1.29 is 32.2 Å². The molecule has 200 valence electrons. The zero-order chi connectivity index (χ0) is 27.3. The van der Waals surface area contributed by atoms with Crippen LogP contribution in [0.15, 0.2) is 60.7 Å². The fourth-order valence-corrected chi connectivity index (χ4v) is 4.39. The Kier molecular flexibility index (Phi) is 8.46. The van der Waals surface area contributed by atoms with E-state index in [1.807, 2.05) is 0 Å². The Morgan fingerprint density at radius 3 is 2.53 bits per heavy atom. The Labute approximate surface area is 223 Å². The lowest BCUT2D eigenvalue weighted by Gasteiger charge is -2.27. The van der Waals surface area contributed by atoms with Gasteiger partial charge in [0.2, 0.25) is 0 Å². The Bertz CT molecular complexity index is 1300. The second-order valence-corrected chi connectivity index (χ2v) is 9.20. The fourth-order valence-electron chi connectivity index (χ4n) is 4.26. The monoisotopic (exact) mass is 546 g/mol. The number of hydrogen-bond donors (Lipinski definition) is 1. The van der Waals surface area contributed by atoms with Crippen LogP contribution in [0.4, 0.5) is 24.5 Å². The minimum Gasteiger partial charge on any atom is -0.497 e. The number of carbonyl (C=O) groups is 2. The molecule has 1 unspecified atom stereocenters. The van der Waals surface area contributed by atoms with Gasteiger partial charge in [-0.3, -0.25) is 4.79 Å². The van der Waals surface area contributed by atoms with Gasteiger partial charge in [-0.1, -0.05) is 29.8 Å². The van der Waals surface area contributed by atoms with Gasteiger partial charge in [0, 0.05) is 47.6 Å². The highest BCUT2D eigenvalue weighted by molar-refractivity contribution is 6.30. The van der Waals surface area contributed by atoms with Gasteiger partial charge < -0.3 is 24.5 Å². The van der Waals surface area contributed by atoms with Crippen molar-refractivity contribution >= 4 is 35.2 Å². The summed E-state index contributed by atoms with van der Waals surface area (Å²) >= 11 is 6.06. The summed E-state index contributed by atoms with van der Waals surface area (Å²) in [6.45, 7) is 0.571. The second kappa shape index (κ2) is 11.8. The van der Waals surface area contributed by atoms with Gasteiger partial charge in [-0.15, -0.1) is 0 Å². The number of ether oxygens (including phenoxy) is 2. The number of amides is 1. The number of hydrogen-bond acceptors (Lipinski definition) is 5. The third kappa shape index (κ3) is 6.39. The van der Waals surface area contributed by atoms with E-state index in [9.17, 15) is 22.8 Å². The summed E-state index contributed by atoms with van der Waals surface area (Å²) < 4.78 is 51.3. The first-order chi connectivity index (χ1) is 18.2. The van der Waals surface area contributed by atoms with E-state index in [-0.39, 0.29) is 12.2 Å². The molecule has 0 spiro atoms. The van der Waals surface area contributed by atoms with Gasteiger partial charge in [-0.05, 0) is 48.2 Å². The van der Waals surface area contributed by atoms with Gasteiger partial charge in [-0.2, -0.15) is 13.2 Å². The number of aldehydes is 1. The quantitative estimate of drug-likeness (QED) is 0.233. The van der Waals surface area contributed by atoms with Crippen LogP contribution in [0.1, 0.15) is 35.6 Å². The Morgan fingerprint density at radius 1 is 1.11 bits per heavy atom. The van der Waals surface area contributed by atoms with Crippen molar-refractivity contribution in [3.8, 4) is 11.5 Å². The molecule has 0 bridgehead atoms. The molecule has 4 rings (SSSR count). The molecular formula is C28H26ClF3N2O4. The van der Waals surface area contributed by atoms with Crippen LogP contribution in [0.2, 0.25) is 5.02 Å². The van der Waals surface area contributed by atoms with Crippen LogP contribution in [0, 0.1) is 0 Å². The predicted molar refractivity (Wildman–Crippen MR) is 139 cm³/mol. The van der Waals surface area contributed by atoms with Crippen LogP contribution in [0.3, 0.4) is 0 Å². The molecule has 1 atom stereocenters. The number of rotatable bonds is 10. The molecule has 1 aliphatic rings. The first-order valence-corrected chi connectivity index (χ1v) is 12.4. The predicted octanol–water partition coefficient (Wildman–Crippen LogP) is 6.47. The van der Waals surface area contributed by atoms with Gasteiger partial charge in [0.15, 0.2) is 0 Å². The highest BCUT2D eigenvalue weighted by Gasteiger charge is 2.36. The highest BCUT2D eigenvalue weighted by Crippen LogP contribution is 2.38. The molecule has 0 aromatic heterocycles. The normalized spacial score (nSPS) is 13.6. The maximum absolute atomic E-state index is 13.9. The van der Waals surface area contributed by atoms with Crippen molar-refractivity contribution in [3.05, 3.63) is 82.4 Å². The molecule has 38 heavy (non-hydrogen) atoms. The number of unbranched alkanes of at least 4 members (excludes halogenated alkanes) is 1. The smallest absolute Gasteiger partial charge is 0.416 e. The van der Waals surface area contributed by atoms with Crippen molar-refractivity contribution in [1.82, 2.24) is 0 Å². The van der Waals surface area contributed by atoms with Gasteiger partial charge in [-0.25, -0.2) is 0 Å². The summed E-state index contributed by atoms with van der Waals surface area (Å²) in [6, 6.07) is 14.3. The molecule has 0 saturated carbocycles. The lowest BCUT2D eigenvalue weighted by Crippen LogP contribution is -2.37. The van der Waals surface area contributed by atoms with Crippen molar-refractivity contribution in [2.75, 3.05) is 30.5 Å². The summed E-state index contributed by atoms with van der Waals surface area (Å²) in [6.07, 6.45) is -2.34. The molecule has 1 heterocycles. The first-order valence-electron chi connectivity index (χ1n) is 12.0. The molecular weight excluding hydrogens is 521 g/mol. The number of anilines is 2. The van der Waals surface area contributed by atoms with E-state index in [2.05, 4.69) is 5.32 Å². The van der Waals surface area contributed by atoms with E-state index in [1.165, 1.54) is 18.1 Å². The molecule has 1 aliphatic heterocycles. The van der Waals surface area contributed by atoms with Crippen LogP contribution >= 0.6 is 11.6 Å². The Hall–Kier alpha value is -3.72. The van der Waals surface area contributed by atoms with E-state index in [4.69, 9.17) is 21.1 Å². The van der Waals surface area contributed by atoms with E-state index < -0.39 is 23.7 Å². The summed E-state index contributed by atoms with van der Waals surface area (Å²) in [4.78, 5) is 25.9. The zero-order valence-corrected chi connectivity index (χ0v) is 21.3. The maximum atomic E-state index is 13.9. The van der Waals surface area contributed by atoms with Gasteiger partial charge in [0.05, 0.1) is 19.3 Å². The second-order valence-electron chi connectivity index (χ2n) is 8.76. The Morgan fingerprint density at radius 2 is 1.84 bits per heavy atom. The Balaban J connectivity index is 1.67. The number of fused-ring (bicyclic) bond motifs is 1. The molecule has 0 radical (unpaired) electrons. The number of methoxy groups -OCH3 is 1. The van der Waals surface area contributed by atoms with E-state index >= 15 is 0 Å². The average Bonchev–Trinajstić information content (AvgIpc) is 3.33. The number of benzene rings is 3. The van der Waals surface area contributed by atoms with Crippen LogP contribution < -0.4 is 19.7 Å². The van der Waals surface area contributed by atoms with Crippen molar-refractivity contribution in [1.29, 1.82) is 0 Å². The summed E-state index contributed by atoms with van der Waals surface area (Å²) in [5, 5.41) is 3.69. The molecule has 0 saturated heterocycles. The molecule has 0 aliphatic carbocycles. The maximum Gasteiger partial charge on any atom is 0.416 e. The topological polar surface area (TPSA) is 67.9 Å². The van der Waals surface area contributed by atoms with E-state index in [0.29, 0.717) is 59.2 Å². The fraction of sp³-hybridized carbons (Fsp3) is 0.286. The number of carbonyl (C=O) groups excluding carboxylic acids is 2. The first kappa shape index (κ1) is 27.3. The van der Waals surface area contributed by atoms with Crippen LogP contribution in [0.5, 0.6) is 11.5 Å². The lowest BCUT2D eigenvalue weighted by molar-refractivity contribution is -0.137. The molecule has 3 aromatic carbocycles. The van der Waals surface area contributed by atoms with Crippen molar-refractivity contribution in [3.63, 3.8) is 0 Å². The van der Waals surface area contributed by atoms with Crippen LogP contribution in [0.25, 0.3) is 0 Å². The SMILES string of the molecule is COc1cc(NC(C(=O)N2CCc3ccc(C(F)(F)F)cc32)c2ccc(Cl)cc2)cc(OCCCC=O)c1. The largest absolute Gasteiger partial charge is 0.497 e. The lowest BCUT2D eigenvalue weighted by atomic mass is 10.0. The number of alkyl halides is 3. The molecule has 1 N–H and O–H groups in total. The molecule has 0 fully saturated rings. The van der Waals surface area contributed by atoms with Gasteiger partial charge >= 0.3 is 6.18 Å².